The van der Waals surface area contributed by atoms with Gasteiger partial charge >= 0.3 is 0 Å². The molecule has 1 heterocycles. The fourth-order valence-corrected chi connectivity index (χ4v) is 4.03. The average Bonchev–Trinajstić information content (AvgIpc) is 2.61. The van der Waals surface area contributed by atoms with Crippen LogP contribution in [-0.4, -0.2) is 24.3 Å². The summed E-state index contributed by atoms with van der Waals surface area (Å²) in [6.45, 7) is 12.9. The Hall–Kier alpha value is -0.790. The molecule has 0 fully saturated rings. The molecule has 0 saturated carbocycles. The molecule has 0 aromatic rings. The van der Waals surface area contributed by atoms with Gasteiger partial charge in [-0.3, -0.25) is 0 Å². The minimum Gasteiger partial charge on any atom is -0.359 e. The van der Waals surface area contributed by atoms with Crippen LogP contribution >= 0.6 is 0 Å². The third-order valence-electron chi connectivity index (χ3n) is 6.05. The summed E-state index contributed by atoms with van der Waals surface area (Å²) in [6, 6.07) is 0. The molecule has 0 N–H and O–H groups in total. The second kappa shape index (κ2) is 13.4. The van der Waals surface area contributed by atoms with Crippen molar-refractivity contribution >= 4 is 5.84 Å². The van der Waals surface area contributed by atoms with Crippen molar-refractivity contribution in [2.45, 2.75) is 105 Å². The second-order valence-corrected chi connectivity index (χ2v) is 9.04. The first-order chi connectivity index (χ1) is 12.5. The standard InChI is InChI=1S/C24H46N2/c1-7-9-11-12-21(5)23(15-14-20(3)4)16-17-24-25-18-22(13-10-8-2)19-26(24)6/h18,20-21,23H,7-17,19H2,1-6H3. The van der Waals surface area contributed by atoms with Crippen LogP contribution in [0.15, 0.2) is 16.8 Å². The summed E-state index contributed by atoms with van der Waals surface area (Å²) >= 11 is 0. The monoisotopic (exact) mass is 362 g/mol. The first-order valence-corrected chi connectivity index (χ1v) is 11.4. The van der Waals surface area contributed by atoms with E-state index >= 15 is 0 Å². The molecule has 0 saturated heterocycles. The molecular formula is C24H46N2. The molecule has 0 spiro atoms. The Bertz CT molecular complexity index is 422. The van der Waals surface area contributed by atoms with Crippen LogP contribution in [-0.2, 0) is 0 Å². The van der Waals surface area contributed by atoms with Crippen LogP contribution in [0.1, 0.15) is 105 Å². The maximum absolute atomic E-state index is 4.83. The van der Waals surface area contributed by atoms with Crippen LogP contribution in [0.2, 0.25) is 0 Å². The highest BCUT2D eigenvalue weighted by Gasteiger charge is 2.20. The maximum atomic E-state index is 4.83. The Morgan fingerprint density at radius 3 is 2.27 bits per heavy atom. The molecule has 0 aromatic carbocycles. The first kappa shape index (κ1) is 23.2. The fraction of sp³-hybridized carbons (Fsp3) is 0.875. The Morgan fingerprint density at radius 2 is 1.65 bits per heavy atom. The molecule has 0 aromatic heterocycles. The Labute approximate surface area is 164 Å². The zero-order chi connectivity index (χ0) is 19.4. The van der Waals surface area contributed by atoms with E-state index in [1.165, 1.54) is 75.6 Å². The number of likely N-dealkylation sites (N-methyl/N-ethyl adjacent to an activating group) is 1. The molecule has 26 heavy (non-hydrogen) atoms. The summed E-state index contributed by atoms with van der Waals surface area (Å²) in [5.74, 6) is 3.83. The van der Waals surface area contributed by atoms with Gasteiger partial charge in [-0.1, -0.05) is 73.1 Å². The number of nitrogens with zero attached hydrogens (tertiary/aromatic N) is 2. The van der Waals surface area contributed by atoms with Crippen molar-refractivity contribution in [1.29, 1.82) is 0 Å². The summed E-state index contributed by atoms with van der Waals surface area (Å²) in [5, 5.41) is 0. The van der Waals surface area contributed by atoms with E-state index in [1.54, 1.807) is 0 Å². The van der Waals surface area contributed by atoms with E-state index < -0.39 is 0 Å². The quantitative estimate of drug-likeness (QED) is 0.293. The Balaban J connectivity index is 2.57. The van der Waals surface area contributed by atoms with Crippen molar-refractivity contribution in [3.63, 3.8) is 0 Å². The molecule has 2 unspecified atom stereocenters. The number of aliphatic imine (C=N–C) groups is 1. The van der Waals surface area contributed by atoms with E-state index in [0.717, 1.165) is 30.7 Å². The van der Waals surface area contributed by atoms with Crippen molar-refractivity contribution in [1.82, 2.24) is 4.90 Å². The fourth-order valence-electron chi connectivity index (χ4n) is 4.03. The van der Waals surface area contributed by atoms with Gasteiger partial charge in [0.15, 0.2) is 0 Å². The van der Waals surface area contributed by atoms with Gasteiger partial charge in [0.05, 0.1) is 0 Å². The van der Waals surface area contributed by atoms with Crippen molar-refractivity contribution in [3.8, 4) is 0 Å². The summed E-state index contributed by atoms with van der Waals surface area (Å²) in [4.78, 5) is 7.22. The zero-order valence-electron chi connectivity index (χ0n) is 18.7. The van der Waals surface area contributed by atoms with Gasteiger partial charge in [0.2, 0.25) is 0 Å². The Kier molecular flexibility index (Phi) is 12.0. The lowest BCUT2D eigenvalue weighted by atomic mass is 9.81. The summed E-state index contributed by atoms with van der Waals surface area (Å²) in [5.41, 5.74) is 1.50. The summed E-state index contributed by atoms with van der Waals surface area (Å²) < 4.78 is 0. The third-order valence-corrected chi connectivity index (χ3v) is 6.05. The number of rotatable bonds is 14. The maximum Gasteiger partial charge on any atom is 0.104 e. The van der Waals surface area contributed by atoms with Crippen LogP contribution < -0.4 is 0 Å². The van der Waals surface area contributed by atoms with E-state index in [9.17, 15) is 0 Å². The number of hydrogen-bond acceptors (Lipinski definition) is 2. The van der Waals surface area contributed by atoms with E-state index in [2.05, 4.69) is 52.8 Å². The van der Waals surface area contributed by atoms with Crippen LogP contribution in [0, 0.1) is 17.8 Å². The van der Waals surface area contributed by atoms with E-state index in [1.807, 2.05) is 0 Å². The van der Waals surface area contributed by atoms with Crippen LogP contribution in [0.3, 0.4) is 0 Å². The summed E-state index contributed by atoms with van der Waals surface area (Å²) in [7, 11) is 2.23. The van der Waals surface area contributed by atoms with E-state index in [0.29, 0.717) is 0 Å². The molecule has 152 valence electrons. The lowest BCUT2D eigenvalue weighted by molar-refractivity contribution is 0.276. The highest BCUT2D eigenvalue weighted by molar-refractivity contribution is 5.83. The van der Waals surface area contributed by atoms with Gasteiger partial charge in [0.25, 0.3) is 0 Å². The highest BCUT2D eigenvalue weighted by atomic mass is 15.2. The predicted octanol–water partition coefficient (Wildman–Crippen LogP) is 7.45. The topological polar surface area (TPSA) is 15.6 Å². The molecule has 2 atom stereocenters. The summed E-state index contributed by atoms with van der Waals surface area (Å²) in [6.07, 6.45) is 16.7. The first-order valence-electron chi connectivity index (χ1n) is 11.4. The molecule has 1 aliphatic heterocycles. The average molecular weight is 363 g/mol. The van der Waals surface area contributed by atoms with Crippen LogP contribution in [0.4, 0.5) is 0 Å². The van der Waals surface area contributed by atoms with Crippen LogP contribution in [0.5, 0.6) is 0 Å². The van der Waals surface area contributed by atoms with Gasteiger partial charge in [0.1, 0.15) is 5.84 Å². The minimum atomic E-state index is 0.819. The molecule has 0 aliphatic carbocycles. The lowest BCUT2D eigenvalue weighted by Gasteiger charge is -2.29. The Morgan fingerprint density at radius 1 is 0.923 bits per heavy atom. The van der Waals surface area contributed by atoms with E-state index in [4.69, 9.17) is 4.99 Å². The second-order valence-electron chi connectivity index (χ2n) is 9.04. The minimum absolute atomic E-state index is 0.819. The molecule has 2 heteroatoms. The van der Waals surface area contributed by atoms with Crippen molar-refractivity contribution in [2.24, 2.45) is 22.7 Å². The van der Waals surface area contributed by atoms with Crippen molar-refractivity contribution in [2.75, 3.05) is 13.6 Å². The molecule has 1 rings (SSSR count). The van der Waals surface area contributed by atoms with Gasteiger partial charge in [-0.25, -0.2) is 4.99 Å². The van der Waals surface area contributed by atoms with Gasteiger partial charge in [0, 0.05) is 26.2 Å². The van der Waals surface area contributed by atoms with Gasteiger partial charge in [-0.15, -0.1) is 0 Å². The predicted molar refractivity (Wildman–Crippen MR) is 118 cm³/mol. The molecule has 0 radical (unpaired) electrons. The number of unbranched alkanes of at least 4 members (excludes halogenated alkanes) is 3. The largest absolute Gasteiger partial charge is 0.359 e. The number of amidine groups is 1. The zero-order valence-corrected chi connectivity index (χ0v) is 18.7. The van der Waals surface area contributed by atoms with Gasteiger partial charge in [-0.2, -0.15) is 0 Å². The van der Waals surface area contributed by atoms with Crippen LogP contribution in [0.25, 0.3) is 0 Å². The number of hydrogen-bond donors (Lipinski definition) is 0. The van der Waals surface area contributed by atoms with Crippen molar-refractivity contribution in [3.05, 3.63) is 11.8 Å². The van der Waals surface area contributed by atoms with Gasteiger partial charge < -0.3 is 4.90 Å². The highest BCUT2D eigenvalue weighted by Crippen LogP contribution is 2.29. The molecule has 1 aliphatic rings. The molecular weight excluding hydrogens is 316 g/mol. The smallest absolute Gasteiger partial charge is 0.104 e. The molecule has 0 amide bonds. The molecule has 2 nitrogen and oxygen atoms in total. The van der Waals surface area contributed by atoms with Crippen molar-refractivity contribution < 1.29 is 0 Å². The van der Waals surface area contributed by atoms with E-state index in [-0.39, 0.29) is 0 Å². The lowest BCUT2D eigenvalue weighted by Crippen LogP contribution is -2.31. The van der Waals surface area contributed by atoms with Gasteiger partial charge in [-0.05, 0) is 49.0 Å². The third kappa shape index (κ3) is 9.24. The molecule has 0 bridgehead atoms. The SMILES string of the molecule is CCCCCC(C)C(CCC1=NC=C(CCCC)CN1C)CCC(C)C. The normalized spacial score (nSPS) is 17.3.